The van der Waals surface area contributed by atoms with Gasteiger partial charge < -0.3 is 5.32 Å². The molecule has 1 aromatic rings. The maximum Gasteiger partial charge on any atom is 0.0375 e. The zero-order valence-electron chi connectivity index (χ0n) is 16.3. The minimum atomic E-state index is 0.337. The summed E-state index contributed by atoms with van der Waals surface area (Å²) in [6, 6.07) is 7.79. The molecule has 134 valence electrons. The minimum Gasteiger partial charge on any atom is -0.387 e. The van der Waals surface area contributed by atoms with Gasteiger partial charge in [0.2, 0.25) is 0 Å². The van der Waals surface area contributed by atoms with Crippen LogP contribution >= 0.6 is 0 Å². The average Bonchev–Trinajstić information content (AvgIpc) is 2.87. The summed E-state index contributed by atoms with van der Waals surface area (Å²) >= 11 is 0. The molecular formula is C23H37N. The van der Waals surface area contributed by atoms with Gasteiger partial charge in [0, 0.05) is 12.0 Å². The van der Waals surface area contributed by atoms with E-state index in [1.807, 2.05) is 6.20 Å². The number of benzene rings is 1. The van der Waals surface area contributed by atoms with Gasteiger partial charge in [-0.15, -0.1) is 0 Å². The number of hydrogen-bond donors (Lipinski definition) is 1. The zero-order chi connectivity index (χ0) is 17.6. The average molecular weight is 328 g/mol. The lowest BCUT2D eigenvalue weighted by atomic mass is 9.82. The summed E-state index contributed by atoms with van der Waals surface area (Å²) < 4.78 is 0. The third kappa shape index (κ3) is 4.43. The molecule has 0 heterocycles. The molecule has 0 radical (unpaired) electrons. The predicted octanol–water partition coefficient (Wildman–Crippen LogP) is 6.38. The Morgan fingerprint density at radius 3 is 2.62 bits per heavy atom. The van der Waals surface area contributed by atoms with Crippen LogP contribution in [0.25, 0.3) is 0 Å². The Morgan fingerprint density at radius 1 is 1.17 bits per heavy atom. The molecule has 1 saturated carbocycles. The fourth-order valence-corrected chi connectivity index (χ4v) is 4.42. The topological polar surface area (TPSA) is 12.0 Å². The second-order valence-corrected chi connectivity index (χ2v) is 8.17. The van der Waals surface area contributed by atoms with E-state index in [1.165, 1.54) is 50.5 Å². The molecule has 0 spiro atoms. The third-order valence-electron chi connectivity index (χ3n) is 5.98. The summed E-state index contributed by atoms with van der Waals surface area (Å²) in [5.74, 6) is 0.610. The normalized spacial score (nSPS) is 22.5. The highest BCUT2D eigenvalue weighted by Crippen LogP contribution is 2.46. The number of unbranched alkanes of at least 4 members (excludes halogenated alkanes) is 3. The van der Waals surface area contributed by atoms with Gasteiger partial charge in [-0.05, 0) is 60.4 Å². The van der Waals surface area contributed by atoms with Crippen molar-refractivity contribution in [2.45, 2.75) is 91.0 Å². The largest absolute Gasteiger partial charge is 0.387 e. The lowest BCUT2D eigenvalue weighted by Crippen LogP contribution is -2.38. The SMILES string of the molecule is C=CNC1C(c2ccc(CC)c(CCCCCC)c2)CCC1(C)C. The van der Waals surface area contributed by atoms with Crippen LogP contribution in [0.1, 0.15) is 88.8 Å². The molecule has 24 heavy (non-hydrogen) atoms. The fraction of sp³-hybridized carbons (Fsp3) is 0.652. The van der Waals surface area contributed by atoms with E-state index in [0.29, 0.717) is 17.4 Å². The van der Waals surface area contributed by atoms with Crippen molar-refractivity contribution in [1.29, 1.82) is 0 Å². The molecule has 0 aromatic heterocycles. The predicted molar refractivity (Wildman–Crippen MR) is 107 cm³/mol. The van der Waals surface area contributed by atoms with E-state index in [1.54, 1.807) is 11.1 Å². The molecule has 0 aliphatic heterocycles. The van der Waals surface area contributed by atoms with Crippen LogP contribution in [-0.4, -0.2) is 6.04 Å². The summed E-state index contributed by atoms with van der Waals surface area (Å²) in [6.07, 6.45) is 12.2. The minimum absolute atomic E-state index is 0.337. The van der Waals surface area contributed by atoms with E-state index in [-0.39, 0.29) is 0 Å². The van der Waals surface area contributed by atoms with Crippen molar-refractivity contribution in [2.75, 3.05) is 0 Å². The van der Waals surface area contributed by atoms with Crippen molar-refractivity contribution in [1.82, 2.24) is 5.32 Å². The number of rotatable bonds is 9. The molecule has 1 nitrogen and oxygen atoms in total. The van der Waals surface area contributed by atoms with Gasteiger partial charge in [-0.3, -0.25) is 0 Å². The van der Waals surface area contributed by atoms with Crippen LogP contribution in [0.2, 0.25) is 0 Å². The van der Waals surface area contributed by atoms with Crippen molar-refractivity contribution in [2.24, 2.45) is 5.41 Å². The molecule has 2 rings (SSSR count). The Hall–Kier alpha value is -1.24. The van der Waals surface area contributed by atoms with Gasteiger partial charge in [0.15, 0.2) is 0 Å². The van der Waals surface area contributed by atoms with E-state index in [0.717, 1.165) is 6.42 Å². The van der Waals surface area contributed by atoms with Crippen LogP contribution in [0.5, 0.6) is 0 Å². The zero-order valence-corrected chi connectivity index (χ0v) is 16.3. The van der Waals surface area contributed by atoms with Crippen molar-refractivity contribution in [3.05, 3.63) is 47.7 Å². The third-order valence-corrected chi connectivity index (χ3v) is 5.98. The molecule has 2 unspecified atom stereocenters. The van der Waals surface area contributed by atoms with Crippen LogP contribution in [0, 0.1) is 5.41 Å². The van der Waals surface area contributed by atoms with Crippen molar-refractivity contribution in [3.8, 4) is 0 Å². The van der Waals surface area contributed by atoms with Crippen LogP contribution in [0.15, 0.2) is 31.0 Å². The van der Waals surface area contributed by atoms with Crippen LogP contribution in [-0.2, 0) is 12.8 Å². The molecule has 0 saturated heterocycles. The van der Waals surface area contributed by atoms with Crippen molar-refractivity contribution >= 4 is 0 Å². The molecule has 1 heteroatoms. The smallest absolute Gasteiger partial charge is 0.0375 e. The molecule has 0 amide bonds. The van der Waals surface area contributed by atoms with Gasteiger partial charge >= 0.3 is 0 Å². The quantitative estimate of drug-likeness (QED) is 0.519. The van der Waals surface area contributed by atoms with E-state index in [2.05, 4.69) is 57.8 Å². The first kappa shape index (κ1) is 19.1. The molecular weight excluding hydrogens is 290 g/mol. The fourth-order valence-electron chi connectivity index (χ4n) is 4.42. The Balaban J connectivity index is 2.19. The summed E-state index contributed by atoms with van der Waals surface area (Å²) in [6.45, 7) is 13.3. The lowest BCUT2D eigenvalue weighted by molar-refractivity contribution is 0.293. The second-order valence-electron chi connectivity index (χ2n) is 8.17. The molecule has 1 aromatic carbocycles. The Kier molecular flexibility index (Phi) is 6.95. The van der Waals surface area contributed by atoms with E-state index < -0.39 is 0 Å². The van der Waals surface area contributed by atoms with Crippen molar-refractivity contribution in [3.63, 3.8) is 0 Å². The first-order valence-corrected chi connectivity index (χ1v) is 10.0. The molecule has 2 atom stereocenters. The monoisotopic (exact) mass is 327 g/mol. The summed E-state index contributed by atoms with van der Waals surface area (Å²) in [4.78, 5) is 0. The van der Waals surface area contributed by atoms with Crippen LogP contribution in [0.3, 0.4) is 0 Å². The molecule has 0 bridgehead atoms. The van der Waals surface area contributed by atoms with Gasteiger partial charge in [0.25, 0.3) is 0 Å². The first-order valence-electron chi connectivity index (χ1n) is 10.0. The highest BCUT2D eigenvalue weighted by Gasteiger charge is 2.42. The standard InChI is InChI=1S/C23H37N/c1-6-9-10-11-12-19-17-20(14-13-18(19)7-2)21-15-16-23(4,5)22(21)24-8-3/h8,13-14,17,21-22,24H,3,6-7,9-12,15-16H2,1-2,4-5H3. The Labute approximate surface area is 149 Å². The highest BCUT2D eigenvalue weighted by atomic mass is 14.9. The number of hydrogen-bond acceptors (Lipinski definition) is 1. The van der Waals surface area contributed by atoms with Crippen LogP contribution < -0.4 is 5.32 Å². The van der Waals surface area contributed by atoms with Gasteiger partial charge in [-0.2, -0.15) is 0 Å². The van der Waals surface area contributed by atoms with Gasteiger partial charge in [-0.1, -0.05) is 71.7 Å². The highest BCUT2D eigenvalue weighted by molar-refractivity contribution is 5.36. The van der Waals surface area contributed by atoms with Gasteiger partial charge in [-0.25, -0.2) is 0 Å². The van der Waals surface area contributed by atoms with Crippen molar-refractivity contribution < 1.29 is 0 Å². The Morgan fingerprint density at radius 2 is 1.96 bits per heavy atom. The van der Waals surface area contributed by atoms with Gasteiger partial charge in [0.05, 0.1) is 0 Å². The van der Waals surface area contributed by atoms with E-state index in [9.17, 15) is 0 Å². The molecule has 1 N–H and O–H groups in total. The van der Waals surface area contributed by atoms with E-state index >= 15 is 0 Å². The maximum absolute atomic E-state index is 3.91. The summed E-state index contributed by atoms with van der Waals surface area (Å²) in [5.41, 5.74) is 5.00. The number of aryl methyl sites for hydroxylation is 2. The van der Waals surface area contributed by atoms with E-state index in [4.69, 9.17) is 0 Å². The first-order chi connectivity index (χ1) is 11.5. The maximum atomic E-state index is 3.91. The summed E-state index contributed by atoms with van der Waals surface area (Å²) in [5, 5.41) is 3.56. The molecule has 1 fully saturated rings. The Bertz CT molecular complexity index is 529. The second kappa shape index (κ2) is 8.74. The van der Waals surface area contributed by atoms with Crippen LogP contribution in [0.4, 0.5) is 0 Å². The summed E-state index contributed by atoms with van der Waals surface area (Å²) in [7, 11) is 0. The molecule has 1 aliphatic rings. The number of nitrogens with one attached hydrogen (secondary N) is 1. The van der Waals surface area contributed by atoms with Gasteiger partial charge in [0.1, 0.15) is 0 Å². The molecule has 1 aliphatic carbocycles. The lowest BCUT2D eigenvalue weighted by Gasteiger charge is -2.31.